The van der Waals surface area contributed by atoms with E-state index in [2.05, 4.69) is 27.8 Å². The number of amides is 5. The third-order valence-electron chi connectivity index (χ3n) is 9.80. The van der Waals surface area contributed by atoms with Gasteiger partial charge in [0.05, 0.1) is 12.3 Å². The quantitative estimate of drug-likeness (QED) is 0.140. The van der Waals surface area contributed by atoms with E-state index in [1.165, 1.54) is 18.0 Å². The van der Waals surface area contributed by atoms with Gasteiger partial charge in [0.25, 0.3) is 5.91 Å². The van der Waals surface area contributed by atoms with Crippen molar-refractivity contribution in [2.45, 2.75) is 98.1 Å². The topological polar surface area (TPSA) is 174 Å². The van der Waals surface area contributed by atoms with Gasteiger partial charge in [0.15, 0.2) is 0 Å². The minimum absolute atomic E-state index is 0.0119. The van der Waals surface area contributed by atoms with Crippen molar-refractivity contribution in [1.29, 1.82) is 0 Å². The lowest BCUT2D eigenvalue weighted by Crippen LogP contribution is -2.62. The molecule has 1 aliphatic heterocycles. The third kappa shape index (κ3) is 10.9. The number of hydrogen-bond donors (Lipinski definition) is 4. The number of rotatable bonds is 16. The van der Waals surface area contributed by atoms with Crippen molar-refractivity contribution >= 4 is 39.6 Å². The number of sulfonamides is 1. The fourth-order valence-electron chi connectivity index (χ4n) is 6.28. The van der Waals surface area contributed by atoms with Crippen LogP contribution < -0.4 is 21.3 Å². The first-order valence-electron chi connectivity index (χ1n) is 16.4. The summed E-state index contributed by atoms with van der Waals surface area (Å²) in [6.45, 7) is 16.1. The third-order valence-corrected chi connectivity index (χ3v) is 11.1. The highest BCUT2D eigenvalue weighted by Gasteiger charge is 2.70. The van der Waals surface area contributed by atoms with Crippen molar-refractivity contribution in [2.24, 2.45) is 28.6 Å². The molecule has 0 aromatic heterocycles. The van der Waals surface area contributed by atoms with E-state index in [1.807, 2.05) is 27.7 Å². The van der Waals surface area contributed by atoms with Gasteiger partial charge in [-0.2, -0.15) is 13.2 Å². The highest BCUT2D eigenvalue weighted by atomic mass is 32.2. The number of ketones is 1. The van der Waals surface area contributed by atoms with Crippen molar-refractivity contribution in [3.63, 3.8) is 0 Å². The predicted molar refractivity (Wildman–Crippen MR) is 177 cm³/mol. The second kappa shape index (κ2) is 15.8. The number of hydrogen-bond acceptors (Lipinski definition) is 7. The average molecular weight is 723 g/mol. The monoisotopic (exact) mass is 722 g/mol. The number of nitrogens with one attached hydrogen (secondary N) is 4. The average Bonchev–Trinajstić information content (AvgIpc) is 3.28. The number of carbonyl (C=O) groups is 5. The van der Waals surface area contributed by atoms with Crippen molar-refractivity contribution in [2.75, 3.05) is 32.9 Å². The molecule has 13 nitrogen and oxygen atoms in total. The lowest BCUT2D eigenvalue weighted by atomic mass is 9.85. The van der Waals surface area contributed by atoms with Gasteiger partial charge < -0.3 is 26.2 Å². The van der Waals surface area contributed by atoms with E-state index in [0.29, 0.717) is 6.42 Å². The molecule has 0 aromatic rings. The molecule has 1 aliphatic carbocycles. The Kier molecular flexibility index (Phi) is 13.5. The van der Waals surface area contributed by atoms with Gasteiger partial charge in [0, 0.05) is 39.1 Å². The summed E-state index contributed by atoms with van der Waals surface area (Å²) >= 11 is 0. The van der Waals surface area contributed by atoms with Gasteiger partial charge in [-0.15, -0.1) is 6.58 Å². The van der Waals surface area contributed by atoms with Gasteiger partial charge in [0.1, 0.15) is 12.1 Å². The number of piperidine rings is 1. The molecule has 2 rings (SSSR count). The van der Waals surface area contributed by atoms with E-state index in [4.69, 9.17) is 0 Å². The van der Waals surface area contributed by atoms with Crippen LogP contribution in [-0.2, 0) is 29.2 Å². The number of likely N-dealkylation sites (N-methyl/N-ethyl adjacent to an activating group) is 1. The van der Waals surface area contributed by atoms with E-state index < -0.39 is 93.6 Å². The Labute approximate surface area is 287 Å². The van der Waals surface area contributed by atoms with Crippen LogP contribution in [0.25, 0.3) is 0 Å². The Hall–Kier alpha value is -3.21. The van der Waals surface area contributed by atoms with Crippen LogP contribution in [0.3, 0.4) is 0 Å². The van der Waals surface area contributed by atoms with Gasteiger partial charge in [-0.25, -0.2) is 17.5 Å². The highest BCUT2D eigenvalue weighted by molar-refractivity contribution is 7.88. The van der Waals surface area contributed by atoms with Crippen molar-refractivity contribution < 1.29 is 45.6 Å². The van der Waals surface area contributed by atoms with Crippen LogP contribution in [0.15, 0.2) is 12.7 Å². The maximum Gasteiger partial charge on any atom is 0.389 e. The number of fused-ring (bicyclic) bond motifs is 1. The molecule has 4 N–H and O–H groups in total. The largest absolute Gasteiger partial charge is 0.389 e. The zero-order chi connectivity index (χ0) is 37.9. The molecule has 5 amide bonds. The highest BCUT2D eigenvalue weighted by Crippen LogP contribution is 2.65. The number of nitrogens with zero attached hydrogens (tertiary/aromatic N) is 2. The molecule has 0 spiro atoms. The predicted octanol–water partition coefficient (Wildman–Crippen LogP) is 2.19. The Morgan fingerprint density at radius 2 is 1.67 bits per heavy atom. The minimum Gasteiger partial charge on any atom is -0.346 e. The molecular formula is C32H53F3N6O7S. The number of halogens is 3. The van der Waals surface area contributed by atoms with Gasteiger partial charge in [-0.3, -0.25) is 19.2 Å². The van der Waals surface area contributed by atoms with Gasteiger partial charge in [0.2, 0.25) is 27.6 Å². The van der Waals surface area contributed by atoms with E-state index in [1.54, 1.807) is 20.8 Å². The lowest BCUT2D eigenvalue weighted by Gasteiger charge is -2.38. The van der Waals surface area contributed by atoms with Gasteiger partial charge >= 0.3 is 12.2 Å². The molecule has 17 heteroatoms. The molecule has 2 aliphatic rings. The van der Waals surface area contributed by atoms with Crippen LogP contribution in [0.5, 0.6) is 0 Å². The maximum atomic E-state index is 14.2. The molecular weight excluding hydrogens is 669 g/mol. The summed E-state index contributed by atoms with van der Waals surface area (Å²) in [4.78, 5) is 68.0. The molecule has 49 heavy (non-hydrogen) atoms. The first-order valence-corrected chi connectivity index (χ1v) is 18.2. The second-order valence-electron chi connectivity index (χ2n) is 14.9. The Balaban J connectivity index is 2.37. The molecule has 0 radical (unpaired) electrons. The number of urea groups is 1. The summed E-state index contributed by atoms with van der Waals surface area (Å²) in [6, 6.07) is -5.50. The number of likely N-dealkylation sites (tertiary alicyclic amines) is 1. The maximum absolute atomic E-state index is 14.2. The SMILES string of the molecule is C=CCNC(=O)C(=O)C(CCC(F)(F)F)NC(=O)[C@@H]1[C@@H]2[C@H](CN1C(=O)[C@@H](NC(=O)N[C@H](CN(C)S(C)(=O)=O)[C@@H](C)CC)C(C)(C)C)C2(C)C. The van der Waals surface area contributed by atoms with Crippen LogP contribution in [-0.4, -0.2) is 110 Å². The van der Waals surface area contributed by atoms with E-state index >= 15 is 0 Å². The number of carbonyl (C=O) groups excluding carboxylic acids is 5. The van der Waals surface area contributed by atoms with Crippen LogP contribution in [0.2, 0.25) is 0 Å². The molecule has 1 saturated heterocycles. The first-order chi connectivity index (χ1) is 22.3. The summed E-state index contributed by atoms with van der Waals surface area (Å²) < 4.78 is 64.7. The Morgan fingerprint density at radius 1 is 1.08 bits per heavy atom. The number of alkyl halides is 3. The summed E-state index contributed by atoms with van der Waals surface area (Å²) in [6.07, 6.45) is -4.03. The Morgan fingerprint density at radius 3 is 2.16 bits per heavy atom. The van der Waals surface area contributed by atoms with Crippen molar-refractivity contribution in [1.82, 2.24) is 30.5 Å². The van der Waals surface area contributed by atoms with E-state index in [0.717, 1.165) is 10.6 Å². The standard InChI is InChI=1S/C32H53F3N6O7S/c1-11-15-36-27(44)24(42)20(13-14-32(33,34)35)37-26(43)23-22-19(31(22,7)8)16-41(23)28(45)25(30(4,5)6)39-29(46)38-21(18(3)12-2)17-40(9)49(10,47)48/h11,18-23,25H,1,12-17H2,2-10H3,(H,36,44)(H,37,43)(H2,38,39,46)/t18-,19-,20?,21+,22-,23-,25+/m0/s1. The summed E-state index contributed by atoms with van der Waals surface area (Å²) in [7, 11) is -2.15. The lowest BCUT2D eigenvalue weighted by molar-refractivity contribution is -0.148. The number of Topliss-reactive ketones (excluding diaryl/α,β-unsaturated/α-hetero) is 1. The molecule has 7 atom stereocenters. The minimum atomic E-state index is -4.67. The molecule has 2 fully saturated rings. The normalized spacial score (nSPS) is 22.6. The Bertz CT molecular complexity index is 1380. The van der Waals surface area contributed by atoms with Crippen molar-refractivity contribution in [3.05, 3.63) is 12.7 Å². The molecule has 1 saturated carbocycles. The second-order valence-corrected chi connectivity index (χ2v) is 17.0. The fourth-order valence-corrected chi connectivity index (χ4v) is 6.71. The van der Waals surface area contributed by atoms with E-state index in [-0.39, 0.29) is 37.4 Å². The van der Waals surface area contributed by atoms with Crippen molar-refractivity contribution in [3.8, 4) is 0 Å². The van der Waals surface area contributed by atoms with Gasteiger partial charge in [-0.1, -0.05) is 61.0 Å². The summed E-state index contributed by atoms with van der Waals surface area (Å²) in [5.41, 5.74) is -1.29. The molecule has 1 heterocycles. The molecule has 0 bridgehead atoms. The molecule has 0 aromatic carbocycles. The zero-order valence-electron chi connectivity index (χ0n) is 29.9. The van der Waals surface area contributed by atoms with Crippen LogP contribution in [0.1, 0.15) is 67.7 Å². The van der Waals surface area contributed by atoms with Crippen LogP contribution >= 0.6 is 0 Å². The smallest absolute Gasteiger partial charge is 0.346 e. The summed E-state index contributed by atoms with van der Waals surface area (Å²) in [5.74, 6) is -4.58. The molecule has 280 valence electrons. The first kappa shape index (κ1) is 42.0. The molecule has 1 unspecified atom stereocenters. The summed E-state index contributed by atoms with van der Waals surface area (Å²) in [5, 5.41) is 10.1. The van der Waals surface area contributed by atoms with Crippen LogP contribution in [0, 0.1) is 28.6 Å². The zero-order valence-corrected chi connectivity index (χ0v) is 30.7. The fraction of sp³-hybridized carbons (Fsp3) is 0.781. The van der Waals surface area contributed by atoms with E-state index in [9.17, 15) is 45.6 Å². The van der Waals surface area contributed by atoms with Crippen LogP contribution in [0.4, 0.5) is 18.0 Å². The van der Waals surface area contributed by atoms with Gasteiger partial charge in [-0.05, 0) is 35.0 Å².